The standard InChI is InChI=1S/C23H21Cl3N2O2S/c1-2-3-4-5-6-21(29)20-14-31-23(27-20)28(17-10-7-15(24)8-11-17)22(30)18-12-9-16(25)13-19(18)26/h3-4,7-14,21,29H,2,5-6H2,1H3/b4-3-. The van der Waals surface area contributed by atoms with Gasteiger partial charge in [-0.3, -0.25) is 9.69 Å². The Morgan fingerprint density at radius 1 is 1.13 bits per heavy atom. The average molecular weight is 496 g/mol. The molecule has 0 spiro atoms. The Hall–Kier alpha value is -1.89. The molecule has 1 heterocycles. The van der Waals surface area contributed by atoms with E-state index in [4.69, 9.17) is 34.8 Å². The number of allylic oxidation sites excluding steroid dienone is 2. The van der Waals surface area contributed by atoms with Crippen molar-refractivity contribution in [2.45, 2.75) is 32.3 Å². The molecular formula is C23H21Cl3N2O2S. The van der Waals surface area contributed by atoms with Crippen molar-refractivity contribution in [2.75, 3.05) is 4.90 Å². The Morgan fingerprint density at radius 2 is 1.84 bits per heavy atom. The number of aliphatic hydroxyl groups is 1. The first kappa shape index (κ1) is 23.8. The summed E-state index contributed by atoms with van der Waals surface area (Å²) >= 11 is 19.6. The fraction of sp³-hybridized carbons (Fsp3) is 0.217. The first-order chi connectivity index (χ1) is 14.9. The van der Waals surface area contributed by atoms with Gasteiger partial charge in [0, 0.05) is 15.4 Å². The van der Waals surface area contributed by atoms with Gasteiger partial charge in [-0.2, -0.15) is 0 Å². The smallest absolute Gasteiger partial charge is 0.266 e. The van der Waals surface area contributed by atoms with Gasteiger partial charge in [-0.15, -0.1) is 11.3 Å². The predicted octanol–water partition coefficient (Wildman–Crippen LogP) is 7.86. The summed E-state index contributed by atoms with van der Waals surface area (Å²) < 4.78 is 0. The number of aromatic nitrogens is 1. The molecule has 0 aliphatic rings. The minimum Gasteiger partial charge on any atom is -0.387 e. The van der Waals surface area contributed by atoms with Crippen molar-refractivity contribution >= 4 is 62.9 Å². The zero-order chi connectivity index (χ0) is 22.4. The molecule has 0 fully saturated rings. The molecule has 1 N–H and O–H groups in total. The van der Waals surface area contributed by atoms with Crippen LogP contribution in [0.15, 0.2) is 60.0 Å². The van der Waals surface area contributed by atoms with Gasteiger partial charge in [0.2, 0.25) is 0 Å². The van der Waals surface area contributed by atoms with Gasteiger partial charge in [-0.1, -0.05) is 53.9 Å². The Kier molecular flexibility index (Phi) is 8.52. The number of aliphatic hydroxyl groups excluding tert-OH is 1. The highest BCUT2D eigenvalue weighted by atomic mass is 35.5. The zero-order valence-corrected chi connectivity index (χ0v) is 19.8. The Labute approximate surface area is 200 Å². The third-order valence-electron chi connectivity index (χ3n) is 4.50. The predicted molar refractivity (Wildman–Crippen MR) is 130 cm³/mol. The minimum absolute atomic E-state index is 0.246. The normalized spacial score (nSPS) is 12.3. The first-order valence-electron chi connectivity index (χ1n) is 9.74. The summed E-state index contributed by atoms with van der Waals surface area (Å²) in [5, 5.41) is 13.9. The van der Waals surface area contributed by atoms with E-state index in [-0.39, 0.29) is 10.9 Å². The SMILES string of the molecule is CC/C=C\CCC(O)c1csc(N(C(=O)c2ccc(Cl)cc2Cl)c2ccc(Cl)cc2)n1. The van der Waals surface area contributed by atoms with Gasteiger partial charge in [0.05, 0.1) is 28.1 Å². The highest BCUT2D eigenvalue weighted by Crippen LogP contribution is 2.35. The van der Waals surface area contributed by atoms with E-state index in [0.717, 1.165) is 12.8 Å². The van der Waals surface area contributed by atoms with E-state index < -0.39 is 6.10 Å². The second-order valence-electron chi connectivity index (χ2n) is 6.77. The minimum atomic E-state index is -0.715. The van der Waals surface area contributed by atoms with Crippen LogP contribution in [-0.4, -0.2) is 16.0 Å². The fourth-order valence-corrected chi connectivity index (χ4v) is 4.41. The van der Waals surface area contributed by atoms with E-state index in [2.05, 4.69) is 18.0 Å². The van der Waals surface area contributed by atoms with E-state index in [0.29, 0.717) is 38.5 Å². The van der Waals surface area contributed by atoms with Crippen LogP contribution >= 0.6 is 46.1 Å². The summed E-state index contributed by atoms with van der Waals surface area (Å²) in [6.07, 6.45) is 5.66. The molecule has 31 heavy (non-hydrogen) atoms. The molecule has 1 amide bonds. The average Bonchev–Trinajstić information content (AvgIpc) is 3.22. The monoisotopic (exact) mass is 494 g/mol. The number of hydrogen-bond acceptors (Lipinski definition) is 4. The fourth-order valence-electron chi connectivity index (χ4n) is 2.91. The van der Waals surface area contributed by atoms with E-state index in [1.165, 1.54) is 22.3 Å². The largest absolute Gasteiger partial charge is 0.387 e. The van der Waals surface area contributed by atoms with Crippen molar-refractivity contribution in [1.29, 1.82) is 0 Å². The van der Waals surface area contributed by atoms with Crippen molar-refractivity contribution in [3.63, 3.8) is 0 Å². The molecule has 0 radical (unpaired) electrons. The lowest BCUT2D eigenvalue weighted by atomic mass is 10.1. The van der Waals surface area contributed by atoms with Gasteiger partial charge >= 0.3 is 0 Å². The Bertz CT molecular complexity index is 1070. The number of carbonyl (C=O) groups is 1. The molecular weight excluding hydrogens is 475 g/mol. The van der Waals surface area contributed by atoms with Gasteiger partial charge in [-0.25, -0.2) is 4.98 Å². The molecule has 3 rings (SSSR count). The van der Waals surface area contributed by atoms with E-state index in [1.807, 2.05) is 6.08 Å². The van der Waals surface area contributed by atoms with Crippen LogP contribution < -0.4 is 4.90 Å². The molecule has 3 aromatic rings. The van der Waals surface area contributed by atoms with Crippen molar-refractivity contribution in [3.8, 4) is 0 Å². The third-order valence-corrected chi connectivity index (χ3v) is 6.14. The van der Waals surface area contributed by atoms with Crippen LogP contribution in [0.25, 0.3) is 0 Å². The number of rotatable bonds is 8. The molecule has 4 nitrogen and oxygen atoms in total. The van der Waals surface area contributed by atoms with E-state index in [9.17, 15) is 9.90 Å². The molecule has 1 unspecified atom stereocenters. The second-order valence-corrected chi connectivity index (χ2v) is 8.89. The number of halogens is 3. The molecule has 0 aliphatic heterocycles. The maximum absolute atomic E-state index is 13.4. The van der Waals surface area contributed by atoms with Crippen LogP contribution in [-0.2, 0) is 0 Å². The van der Waals surface area contributed by atoms with Crippen LogP contribution in [0.5, 0.6) is 0 Å². The van der Waals surface area contributed by atoms with Crippen molar-refractivity contribution < 1.29 is 9.90 Å². The molecule has 0 saturated carbocycles. The van der Waals surface area contributed by atoms with E-state index in [1.54, 1.807) is 41.8 Å². The summed E-state index contributed by atoms with van der Waals surface area (Å²) in [6, 6.07) is 11.6. The van der Waals surface area contributed by atoms with Gasteiger partial charge in [0.15, 0.2) is 5.13 Å². The lowest BCUT2D eigenvalue weighted by Crippen LogP contribution is -2.26. The number of hydrogen-bond donors (Lipinski definition) is 1. The number of benzene rings is 2. The molecule has 0 aliphatic carbocycles. The maximum atomic E-state index is 13.4. The number of amides is 1. The van der Waals surface area contributed by atoms with Crippen LogP contribution in [0.3, 0.4) is 0 Å². The van der Waals surface area contributed by atoms with Crippen LogP contribution in [0, 0.1) is 0 Å². The second kappa shape index (κ2) is 11.1. The topological polar surface area (TPSA) is 53.4 Å². The highest BCUT2D eigenvalue weighted by molar-refractivity contribution is 7.14. The van der Waals surface area contributed by atoms with Crippen molar-refractivity contribution in [3.05, 3.63) is 86.3 Å². The van der Waals surface area contributed by atoms with Crippen molar-refractivity contribution in [2.24, 2.45) is 0 Å². The van der Waals surface area contributed by atoms with Crippen LogP contribution in [0.1, 0.15) is 48.3 Å². The Morgan fingerprint density at radius 3 is 2.52 bits per heavy atom. The molecule has 8 heteroatoms. The van der Waals surface area contributed by atoms with Gasteiger partial charge < -0.3 is 5.11 Å². The van der Waals surface area contributed by atoms with Gasteiger partial charge in [0.1, 0.15) is 0 Å². The summed E-state index contributed by atoms with van der Waals surface area (Å²) in [7, 11) is 0. The number of thiazole rings is 1. The van der Waals surface area contributed by atoms with E-state index >= 15 is 0 Å². The maximum Gasteiger partial charge on any atom is 0.266 e. The van der Waals surface area contributed by atoms with Gasteiger partial charge in [0.25, 0.3) is 5.91 Å². The number of anilines is 2. The quantitative estimate of drug-likeness (QED) is 0.324. The summed E-state index contributed by atoms with van der Waals surface area (Å²) in [6.45, 7) is 2.06. The highest BCUT2D eigenvalue weighted by Gasteiger charge is 2.25. The van der Waals surface area contributed by atoms with Crippen LogP contribution in [0.2, 0.25) is 15.1 Å². The molecule has 2 aromatic carbocycles. The van der Waals surface area contributed by atoms with Crippen LogP contribution in [0.4, 0.5) is 10.8 Å². The molecule has 1 aromatic heterocycles. The zero-order valence-electron chi connectivity index (χ0n) is 16.8. The Balaban J connectivity index is 1.94. The van der Waals surface area contributed by atoms with Crippen molar-refractivity contribution in [1.82, 2.24) is 4.98 Å². The molecule has 0 bridgehead atoms. The lowest BCUT2D eigenvalue weighted by Gasteiger charge is -2.21. The summed E-state index contributed by atoms with van der Waals surface area (Å²) in [5.41, 5.74) is 1.41. The summed E-state index contributed by atoms with van der Waals surface area (Å²) in [4.78, 5) is 19.5. The molecule has 0 saturated heterocycles. The number of carbonyl (C=O) groups excluding carboxylic acids is 1. The number of nitrogens with zero attached hydrogens (tertiary/aromatic N) is 2. The van der Waals surface area contributed by atoms with Gasteiger partial charge in [-0.05, 0) is 61.7 Å². The summed E-state index contributed by atoms with van der Waals surface area (Å²) in [5.74, 6) is -0.356. The first-order valence-corrected chi connectivity index (χ1v) is 11.8. The molecule has 1 atom stereocenters. The lowest BCUT2D eigenvalue weighted by molar-refractivity contribution is 0.0999. The molecule has 162 valence electrons. The third kappa shape index (κ3) is 6.09.